The summed E-state index contributed by atoms with van der Waals surface area (Å²) in [5.74, 6) is 0.274. The van der Waals surface area contributed by atoms with Crippen molar-refractivity contribution in [1.82, 2.24) is 5.32 Å². The van der Waals surface area contributed by atoms with E-state index in [1.807, 2.05) is 20.8 Å². The number of ether oxygens (including phenoxy) is 2. The molecule has 0 radical (unpaired) electrons. The highest BCUT2D eigenvalue weighted by Gasteiger charge is 2.30. The van der Waals surface area contributed by atoms with Crippen LogP contribution in [0.1, 0.15) is 26.3 Å². The number of primary amides is 1. The molecule has 0 fully saturated rings. The van der Waals surface area contributed by atoms with E-state index in [1.165, 1.54) is 6.08 Å². The predicted octanol–water partition coefficient (Wildman–Crippen LogP) is 1.73. The molecule has 3 N–H and O–H groups in total. The highest BCUT2D eigenvalue weighted by molar-refractivity contribution is 5.95. The minimum absolute atomic E-state index is 0.398. The summed E-state index contributed by atoms with van der Waals surface area (Å²) in [5.41, 5.74) is 5.62. The average Bonchev–Trinajstić information content (AvgIpc) is 2.48. The molecule has 1 aromatic rings. The largest absolute Gasteiger partial charge is 0.497 e. The van der Waals surface area contributed by atoms with Gasteiger partial charge in [-0.2, -0.15) is 0 Å². The molecule has 0 bridgehead atoms. The third-order valence-corrected chi connectivity index (χ3v) is 3.24. The van der Waals surface area contributed by atoms with Crippen LogP contribution in [0, 0.1) is 5.41 Å². The molecule has 2 amide bonds. The minimum atomic E-state index is -0.750. The Morgan fingerprint density at radius 1 is 1.13 bits per heavy atom. The van der Waals surface area contributed by atoms with Crippen molar-refractivity contribution in [3.05, 3.63) is 29.8 Å². The molecule has 1 unspecified atom stereocenters. The van der Waals surface area contributed by atoms with E-state index in [-0.39, 0.29) is 0 Å². The molecule has 1 atom stereocenters. The summed E-state index contributed by atoms with van der Waals surface area (Å²) in [5, 5.41) is 2.62. The molecule has 0 aromatic heterocycles. The molecular weight excluding hydrogens is 296 g/mol. The number of rotatable bonds is 6. The molecule has 0 aliphatic rings. The second-order valence-electron chi connectivity index (χ2n) is 6.19. The maximum atomic E-state index is 12.0. The van der Waals surface area contributed by atoms with Gasteiger partial charge in [0.05, 0.1) is 14.2 Å². The van der Waals surface area contributed by atoms with Crippen LogP contribution in [-0.2, 0) is 9.59 Å². The van der Waals surface area contributed by atoms with Crippen molar-refractivity contribution < 1.29 is 19.1 Å². The fourth-order valence-electron chi connectivity index (χ4n) is 2.00. The Labute approximate surface area is 136 Å². The van der Waals surface area contributed by atoms with Gasteiger partial charge in [-0.1, -0.05) is 20.8 Å². The van der Waals surface area contributed by atoms with E-state index in [1.54, 1.807) is 38.5 Å². The Bertz CT molecular complexity index is 581. The van der Waals surface area contributed by atoms with Gasteiger partial charge in [0.25, 0.3) is 0 Å². The monoisotopic (exact) mass is 320 g/mol. The summed E-state index contributed by atoms with van der Waals surface area (Å²) in [6.45, 7) is 5.50. The van der Waals surface area contributed by atoms with Crippen molar-refractivity contribution in [3.8, 4) is 11.5 Å². The number of hydrogen-bond donors (Lipinski definition) is 2. The number of nitrogens with two attached hydrogens (primary N) is 1. The van der Waals surface area contributed by atoms with Gasteiger partial charge < -0.3 is 20.5 Å². The van der Waals surface area contributed by atoms with E-state index in [4.69, 9.17) is 15.2 Å². The van der Waals surface area contributed by atoms with Gasteiger partial charge in [0.1, 0.15) is 17.5 Å². The predicted molar refractivity (Wildman–Crippen MR) is 89.2 cm³/mol. The van der Waals surface area contributed by atoms with E-state index >= 15 is 0 Å². The van der Waals surface area contributed by atoms with Crippen molar-refractivity contribution in [2.24, 2.45) is 11.1 Å². The SMILES string of the molecule is COc1cc(C=CC(=O)NC(C(N)=O)C(C)(C)C)cc(OC)c1. The van der Waals surface area contributed by atoms with E-state index in [0.717, 1.165) is 5.56 Å². The number of hydrogen-bond acceptors (Lipinski definition) is 4. The molecule has 126 valence electrons. The quantitative estimate of drug-likeness (QED) is 0.781. The molecule has 0 aliphatic heterocycles. The molecule has 6 heteroatoms. The van der Waals surface area contributed by atoms with Gasteiger partial charge in [0, 0.05) is 12.1 Å². The van der Waals surface area contributed by atoms with Crippen LogP contribution in [0.5, 0.6) is 11.5 Å². The summed E-state index contributed by atoms with van der Waals surface area (Å²) in [6, 6.07) is 4.52. The van der Waals surface area contributed by atoms with Crippen LogP contribution >= 0.6 is 0 Å². The van der Waals surface area contributed by atoms with E-state index in [9.17, 15) is 9.59 Å². The molecular formula is C17H24N2O4. The Morgan fingerprint density at radius 3 is 2.04 bits per heavy atom. The Kier molecular flexibility index (Phi) is 6.18. The fourth-order valence-corrected chi connectivity index (χ4v) is 2.00. The van der Waals surface area contributed by atoms with Crippen LogP contribution < -0.4 is 20.5 Å². The number of nitrogens with one attached hydrogen (secondary N) is 1. The normalized spacial score (nSPS) is 12.7. The van der Waals surface area contributed by atoms with Crippen LogP contribution in [0.3, 0.4) is 0 Å². The zero-order valence-electron chi connectivity index (χ0n) is 14.2. The van der Waals surface area contributed by atoms with Gasteiger partial charge in [-0.05, 0) is 29.2 Å². The lowest BCUT2D eigenvalue weighted by Crippen LogP contribution is -2.51. The van der Waals surface area contributed by atoms with Gasteiger partial charge in [-0.15, -0.1) is 0 Å². The van der Waals surface area contributed by atoms with Crippen molar-refractivity contribution >= 4 is 17.9 Å². The zero-order chi connectivity index (χ0) is 17.6. The summed E-state index contributed by atoms with van der Waals surface area (Å²) < 4.78 is 10.3. The summed E-state index contributed by atoms with van der Waals surface area (Å²) >= 11 is 0. The van der Waals surface area contributed by atoms with Crippen LogP contribution in [0.25, 0.3) is 6.08 Å². The topological polar surface area (TPSA) is 90.6 Å². The number of amides is 2. The molecule has 6 nitrogen and oxygen atoms in total. The zero-order valence-corrected chi connectivity index (χ0v) is 14.2. The lowest BCUT2D eigenvalue weighted by Gasteiger charge is -2.28. The Hall–Kier alpha value is -2.50. The van der Waals surface area contributed by atoms with Crippen LogP contribution in [0.15, 0.2) is 24.3 Å². The smallest absolute Gasteiger partial charge is 0.244 e. The summed E-state index contributed by atoms with van der Waals surface area (Å²) in [6.07, 6.45) is 2.96. The van der Waals surface area contributed by atoms with Crippen molar-refractivity contribution in [2.45, 2.75) is 26.8 Å². The standard InChI is InChI=1S/C17H24N2O4/c1-17(2,3)15(16(18)21)19-14(20)7-6-11-8-12(22-4)10-13(9-11)23-5/h6-10,15H,1-5H3,(H2,18,21)(H,19,20). The van der Waals surface area contributed by atoms with Crippen molar-refractivity contribution in [3.63, 3.8) is 0 Å². The number of carbonyl (C=O) groups is 2. The maximum absolute atomic E-state index is 12.0. The van der Waals surface area contributed by atoms with E-state index in [2.05, 4.69) is 5.32 Å². The lowest BCUT2D eigenvalue weighted by atomic mass is 9.86. The highest BCUT2D eigenvalue weighted by Crippen LogP contribution is 2.23. The number of methoxy groups -OCH3 is 2. The van der Waals surface area contributed by atoms with E-state index < -0.39 is 23.3 Å². The van der Waals surface area contributed by atoms with Crippen LogP contribution in [0.4, 0.5) is 0 Å². The second-order valence-corrected chi connectivity index (χ2v) is 6.19. The first-order valence-corrected chi connectivity index (χ1v) is 7.18. The first-order valence-electron chi connectivity index (χ1n) is 7.18. The third kappa shape index (κ3) is 5.65. The molecule has 0 saturated carbocycles. The molecule has 1 aromatic carbocycles. The van der Waals surface area contributed by atoms with Gasteiger partial charge in [0.2, 0.25) is 11.8 Å². The molecule has 0 spiro atoms. The molecule has 0 heterocycles. The fraction of sp³-hybridized carbons (Fsp3) is 0.412. The van der Waals surface area contributed by atoms with Crippen molar-refractivity contribution in [1.29, 1.82) is 0 Å². The van der Waals surface area contributed by atoms with Gasteiger partial charge in [-0.3, -0.25) is 9.59 Å². The molecule has 1 rings (SSSR count). The van der Waals surface area contributed by atoms with Gasteiger partial charge >= 0.3 is 0 Å². The molecule has 23 heavy (non-hydrogen) atoms. The number of carbonyl (C=O) groups excluding carboxylic acids is 2. The minimum Gasteiger partial charge on any atom is -0.497 e. The number of benzene rings is 1. The maximum Gasteiger partial charge on any atom is 0.244 e. The second kappa shape index (κ2) is 7.67. The van der Waals surface area contributed by atoms with E-state index in [0.29, 0.717) is 11.5 Å². The average molecular weight is 320 g/mol. The first-order chi connectivity index (χ1) is 10.7. The summed E-state index contributed by atoms with van der Waals surface area (Å²) in [4.78, 5) is 23.5. The molecule has 0 saturated heterocycles. The van der Waals surface area contributed by atoms with Gasteiger partial charge in [-0.25, -0.2) is 0 Å². The highest BCUT2D eigenvalue weighted by atomic mass is 16.5. The summed E-state index contributed by atoms with van der Waals surface area (Å²) in [7, 11) is 3.10. The van der Waals surface area contributed by atoms with Crippen LogP contribution in [0.2, 0.25) is 0 Å². The van der Waals surface area contributed by atoms with Gasteiger partial charge in [0.15, 0.2) is 0 Å². The third-order valence-electron chi connectivity index (χ3n) is 3.24. The Balaban J connectivity index is 2.88. The van der Waals surface area contributed by atoms with Crippen LogP contribution in [-0.4, -0.2) is 32.1 Å². The van der Waals surface area contributed by atoms with Crippen molar-refractivity contribution in [2.75, 3.05) is 14.2 Å². The lowest BCUT2D eigenvalue weighted by molar-refractivity contribution is -0.127. The molecule has 0 aliphatic carbocycles. The Morgan fingerprint density at radius 2 is 1.65 bits per heavy atom. The first kappa shape index (κ1) is 18.5.